The molecule has 2 aliphatic rings. The van der Waals surface area contributed by atoms with Crippen molar-refractivity contribution in [2.45, 2.75) is 83.7 Å². The molecule has 2 saturated carbocycles. The minimum Gasteiger partial charge on any atom is -0.311 e. The zero-order valence-electron chi connectivity index (χ0n) is 11.2. The molecule has 94 valence electrons. The summed E-state index contributed by atoms with van der Waals surface area (Å²) in [7, 11) is 0. The zero-order chi connectivity index (χ0) is 11.4. The average Bonchev–Trinajstić information content (AvgIpc) is 2.56. The highest BCUT2D eigenvalue weighted by Crippen LogP contribution is 2.29. The van der Waals surface area contributed by atoms with Gasteiger partial charge in [0, 0.05) is 12.1 Å². The maximum atomic E-state index is 3.95. The second-order valence-electron chi connectivity index (χ2n) is 6.16. The lowest BCUT2D eigenvalue weighted by Crippen LogP contribution is -2.39. The van der Waals surface area contributed by atoms with Crippen LogP contribution in [-0.2, 0) is 0 Å². The Balaban J connectivity index is 1.77. The van der Waals surface area contributed by atoms with Crippen molar-refractivity contribution in [2.24, 2.45) is 11.8 Å². The van der Waals surface area contributed by atoms with Crippen molar-refractivity contribution in [1.29, 1.82) is 0 Å². The van der Waals surface area contributed by atoms with E-state index in [1.54, 1.807) is 0 Å². The molecule has 4 unspecified atom stereocenters. The number of rotatable bonds is 3. The molecule has 0 aromatic carbocycles. The molecule has 0 aromatic rings. The molecule has 0 bridgehead atoms. The van der Waals surface area contributed by atoms with Crippen LogP contribution in [0.15, 0.2) is 0 Å². The lowest BCUT2D eigenvalue weighted by molar-refractivity contribution is 0.344. The van der Waals surface area contributed by atoms with Gasteiger partial charge in [-0.2, -0.15) is 0 Å². The Labute approximate surface area is 101 Å². The topological polar surface area (TPSA) is 12.0 Å². The summed E-state index contributed by atoms with van der Waals surface area (Å²) in [5.41, 5.74) is 0. The van der Waals surface area contributed by atoms with E-state index in [1.807, 2.05) is 0 Å². The summed E-state index contributed by atoms with van der Waals surface area (Å²) in [6.45, 7) is 4.79. The van der Waals surface area contributed by atoms with Gasteiger partial charge in [-0.3, -0.25) is 0 Å². The summed E-state index contributed by atoms with van der Waals surface area (Å²) >= 11 is 0. The fraction of sp³-hybridized carbons (Fsp3) is 1.00. The first-order valence-electron chi connectivity index (χ1n) is 7.55. The molecule has 0 saturated heterocycles. The van der Waals surface area contributed by atoms with Gasteiger partial charge < -0.3 is 5.32 Å². The van der Waals surface area contributed by atoms with Crippen molar-refractivity contribution in [3.05, 3.63) is 0 Å². The van der Waals surface area contributed by atoms with E-state index < -0.39 is 0 Å². The van der Waals surface area contributed by atoms with Gasteiger partial charge in [-0.1, -0.05) is 39.5 Å². The first-order valence-corrected chi connectivity index (χ1v) is 7.55. The van der Waals surface area contributed by atoms with Crippen molar-refractivity contribution in [3.63, 3.8) is 0 Å². The molecule has 0 amide bonds. The van der Waals surface area contributed by atoms with Gasteiger partial charge in [0.05, 0.1) is 0 Å². The fourth-order valence-electron chi connectivity index (χ4n) is 3.65. The third-order valence-electron chi connectivity index (χ3n) is 4.98. The van der Waals surface area contributed by atoms with Gasteiger partial charge in [0.1, 0.15) is 0 Å². The Hall–Kier alpha value is -0.0400. The molecule has 1 nitrogen and oxygen atoms in total. The summed E-state index contributed by atoms with van der Waals surface area (Å²) in [5, 5.41) is 3.95. The standard InChI is InChI=1S/C15H29N/c1-3-13-7-5-8-14(11-10-13)16-15-9-4-6-12(15)2/h12-16H,3-11H2,1-2H3. The lowest BCUT2D eigenvalue weighted by atomic mass is 9.97. The quantitative estimate of drug-likeness (QED) is 0.710. The molecule has 0 aliphatic heterocycles. The van der Waals surface area contributed by atoms with Crippen molar-refractivity contribution in [3.8, 4) is 0 Å². The van der Waals surface area contributed by atoms with E-state index in [-0.39, 0.29) is 0 Å². The Kier molecular flexibility index (Phi) is 4.69. The molecule has 2 fully saturated rings. The Morgan fingerprint density at radius 1 is 0.938 bits per heavy atom. The van der Waals surface area contributed by atoms with E-state index in [9.17, 15) is 0 Å². The van der Waals surface area contributed by atoms with Gasteiger partial charge in [-0.25, -0.2) is 0 Å². The van der Waals surface area contributed by atoms with Crippen LogP contribution in [0.1, 0.15) is 71.6 Å². The van der Waals surface area contributed by atoms with Crippen LogP contribution >= 0.6 is 0 Å². The molecule has 1 heteroatoms. The molecular weight excluding hydrogens is 194 g/mol. The summed E-state index contributed by atoms with van der Waals surface area (Å²) in [5.74, 6) is 1.94. The lowest BCUT2D eigenvalue weighted by Gasteiger charge is -2.24. The predicted octanol–water partition coefficient (Wildman–Crippen LogP) is 4.12. The smallest absolute Gasteiger partial charge is 0.00952 e. The third kappa shape index (κ3) is 3.23. The fourth-order valence-corrected chi connectivity index (χ4v) is 3.65. The molecule has 0 radical (unpaired) electrons. The maximum absolute atomic E-state index is 3.95. The van der Waals surface area contributed by atoms with Gasteiger partial charge in [0.15, 0.2) is 0 Å². The van der Waals surface area contributed by atoms with Gasteiger partial charge in [0.2, 0.25) is 0 Å². The largest absolute Gasteiger partial charge is 0.311 e. The first-order chi connectivity index (χ1) is 7.79. The Morgan fingerprint density at radius 3 is 2.44 bits per heavy atom. The molecule has 0 heterocycles. The molecular formula is C15H29N. The van der Waals surface area contributed by atoms with Crippen molar-refractivity contribution in [1.82, 2.24) is 5.32 Å². The van der Waals surface area contributed by atoms with E-state index in [0.717, 1.165) is 23.9 Å². The van der Waals surface area contributed by atoms with Gasteiger partial charge in [-0.05, 0) is 43.9 Å². The number of nitrogens with one attached hydrogen (secondary N) is 1. The molecule has 2 aliphatic carbocycles. The van der Waals surface area contributed by atoms with Crippen molar-refractivity contribution in [2.75, 3.05) is 0 Å². The van der Waals surface area contributed by atoms with Crippen molar-refractivity contribution >= 4 is 0 Å². The van der Waals surface area contributed by atoms with Gasteiger partial charge >= 0.3 is 0 Å². The third-order valence-corrected chi connectivity index (χ3v) is 4.98. The summed E-state index contributed by atoms with van der Waals surface area (Å²) in [6, 6.07) is 1.67. The summed E-state index contributed by atoms with van der Waals surface area (Å²) < 4.78 is 0. The van der Waals surface area contributed by atoms with Crippen LogP contribution in [-0.4, -0.2) is 12.1 Å². The van der Waals surface area contributed by atoms with Crippen LogP contribution in [0.5, 0.6) is 0 Å². The number of hydrogen-bond acceptors (Lipinski definition) is 1. The molecule has 2 rings (SSSR count). The van der Waals surface area contributed by atoms with Crippen LogP contribution in [0, 0.1) is 11.8 Å². The van der Waals surface area contributed by atoms with E-state index in [2.05, 4.69) is 19.2 Å². The first kappa shape index (κ1) is 12.4. The second kappa shape index (κ2) is 6.05. The van der Waals surface area contributed by atoms with Crippen LogP contribution in [0.2, 0.25) is 0 Å². The summed E-state index contributed by atoms with van der Waals surface area (Å²) in [4.78, 5) is 0. The van der Waals surface area contributed by atoms with Crippen LogP contribution < -0.4 is 5.32 Å². The minimum atomic E-state index is 0.835. The average molecular weight is 223 g/mol. The van der Waals surface area contributed by atoms with Crippen molar-refractivity contribution < 1.29 is 0 Å². The molecule has 0 spiro atoms. The van der Waals surface area contributed by atoms with Crippen LogP contribution in [0.25, 0.3) is 0 Å². The molecule has 0 aromatic heterocycles. The Bertz CT molecular complexity index is 202. The minimum absolute atomic E-state index is 0.835. The zero-order valence-corrected chi connectivity index (χ0v) is 11.2. The highest BCUT2D eigenvalue weighted by Gasteiger charge is 2.26. The predicted molar refractivity (Wildman–Crippen MR) is 70.6 cm³/mol. The number of hydrogen-bond donors (Lipinski definition) is 1. The summed E-state index contributed by atoms with van der Waals surface area (Å²) in [6.07, 6.45) is 13.0. The maximum Gasteiger partial charge on any atom is 0.00952 e. The molecule has 1 N–H and O–H groups in total. The SMILES string of the molecule is CCC1CCCC(NC2CCCC2C)CC1. The second-order valence-corrected chi connectivity index (χ2v) is 6.16. The Morgan fingerprint density at radius 2 is 1.75 bits per heavy atom. The van der Waals surface area contributed by atoms with E-state index >= 15 is 0 Å². The normalized spacial score (nSPS) is 40.9. The van der Waals surface area contributed by atoms with Gasteiger partial charge in [0.25, 0.3) is 0 Å². The van der Waals surface area contributed by atoms with E-state index in [0.29, 0.717) is 0 Å². The molecule has 4 atom stereocenters. The van der Waals surface area contributed by atoms with E-state index in [1.165, 1.54) is 57.8 Å². The molecule has 16 heavy (non-hydrogen) atoms. The van der Waals surface area contributed by atoms with Gasteiger partial charge in [-0.15, -0.1) is 0 Å². The van der Waals surface area contributed by atoms with E-state index in [4.69, 9.17) is 0 Å². The highest BCUT2D eigenvalue weighted by molar-refractivity contribution is 4.84. The highest BCUT2D eigenvalue weighted by atomic mass is 15.0. The van der Waals surface area contributed by atoms with Crippen LogP contribution in [0.4, 0.5) is 0 Å². The monoisotopic (exact) mass is 223 g/mol. The van der Waals surface area contributed by atoms with Crippen LogP contribution in [0.3, 0.4) is 0 Å².